The Morgan fingerprint density at radius 1 is 1.33 bits per heavy atom. The Morgan fingerprint density at radius 3 is 2.67 bits per heavy atom. The van der Waals surface area contributed by atoms with Crippen molar-refractivity contribution in [2.24, 2.45) is 0 Å². The molecule has 0 saturated heterocycles. The summed E-state index contributed by atoms with van der Waals surface area (Å²) in [5.41, 5.74) is 0.478. The number of benzene rings is 1. The van der Waals surface area contributed by atoms with Crippen molar-refractivity contribution in [2.45, 2.75) is 44.3 Å². The van der Waals surface area contributed by atoms with Crippen LogP contribution in [0.1, 0.15) is 44.3 Å². The van der Waals surface area contributed by atoms with Crippen molar-refractivity contribution >= 4 is 0 Å². The van der Waals surface area contributed by atoms with Crippen LogP contribution in [0.5, 0.6) is 5.75 Å². The number of hydrogen-bond acceptors (Lipinski definition) is 3. The number of aliphatic hydroxyl groups is 1. The second kappa shape index (κ2) is 5.72. The maximum absolute atomic E-state index is 10.6. The van der Waals surface area contributed by atoms with E-state index in [-0.39, 0.29) is 0 Å². The molecule has 0 aromatic heterocycles. The first-order chi connectivity index (χ1) is 8.72. The smallest absolute Gasteiger partial charge is 0.119 e. The van der Waals surface area contributed by atoms with E-state index in [1.165, 1.54) is 0 Å². The molecule has 0 amide bonds. The van der Waals surface area contributed by atoms with Gasteiger partial charge in [-0.05, 0) is 37.5 Å². The van der Waals surface area contributed by atoms with E-state index in [4.69, 9.17) is 9.47 Å². The van der Waals surface area contributed by atoms with Crippen molar-refractivity contribution in [1.29, 1.82) is 0 Å². The molecule has 1 aromatic rings. The maximum atomic E-state index is 10.6. The molecule has 1 aliphatic rings. The summed E-state index contributed by atoms with van der Waals surface area (Å²) in [6.07, 6.45) is 3.54. The van der Waals surface area contributed by atoms with E-state index in [0.717, 1.165) is 37.0 Å². The van der Waals surface area contributed by atoms with Crippen LogP contribution in [0.4, 0.5) is 0 Å². The zero-order chi connectivity index (χ0) is 13.0. The highest BCUT2D eigenvalue weighted by Gasteiger charge is 2.42. The first-order valence-electron chi connectivity index (χ1n) is 6.68. The van der Waals surface area contributed by atoms with E-state index < -0.39 is 11.7 Å². The summed E-state index contributed by atoms with van der Waals surface area (Å²) in [6.45, 7) is 2.62. The molecular formula is C15H22O3. The van der Waals surface area contributed by atoms with Crippen molar-refractivity contribution in [2.75, 3.05) is 13.7 Å². The normalized spacial score (nSPS) is 19.7. The minimum Gasteiger partial charge on any atom is -0.497 e. The molecule has 0 aliphatic heterocycles. The predicted molar refractivity (Wildman–Crippen MR) is 70.8 cm³/mol. The van der Waals surface area contributed by atoms with Gasteiger partial charge < -0.3 is 14.6 Å². The van der Waals surface area contributed by atoms with Crippen LogP contribution in [0.15, 0.2) is 24.3 Å². The fourth-order valence-corrected chi connectivity index (χ4v) is 2.87. The molecule has 1 unspecified atom stereocenters. The molecule has 1 N–H and O–H groups in total. The molecule has 1 aromatic carbocycles. The van der Waals surface area contributed by atoms with Crippen LogP contribution < -0.4 is 4.74 Å². The molecule has 1 saturated carbocycles. The quantitative estimate of drug-likeness (QED) is 0.872. The fraction of sp³-hybridized carbons (Fsp3) is 0.600. The van der Waals surface area contributed by atoms with Crippen LogP contribution in [0.25, 0.3) is 0 Å². The second-order valence-electron chi connectivity index (χ2n) is 4.88. The van der Waals surface area contributed by atoms with Crippen LogP contribution in [0, 0.1) is 0 Å². The Hall–Kier alpha value is -1.06. The molecule has 0 spiro atoms. The largest absolute Gasteiger partial charge is 0.497 e. The first-order valence-corrected chi connectivity index (χ1v) is 6.68. The van der Waals surface area contributed by atoms with Crippen LogP contribution in [0.3, 0.4) is 0 Å². The summed E-state index contributed by atoms with van der Waals surface area (Å²) in [5, 5.41) is 10.6. The Morgan fingerprint density at radius 2 is 2.06 bits per heavy atom. The van der Waals surface area contributed by atoms with Gasteiger partial charge in [0.15, 0.2) is 0 Å². The molecule has 2 rings (SSSR count). The van der Waals surface area contributed by atoms with E-state index in [1.807, 2.05) is 31.2 Å². The second-order valence-corrected chi connectivity index (χ2v) is 4.88. The molecule has 3 heteroatoms. The zero-order valence-electron chi connectivity index (χ0n) is 11.2. The average molecular weight is 250 g/mol. The highest BCUT2D eigenvalue weighted by atomic mass is 16.5. The van der Waals surface area contributed by atoms with Crippen LogP contribution in [-0.4, -0.2) is 24.4 Å². The number of ether oxygens (including phenoxy) is 2. The molecule has 1 atom stereocenters. The Bertz CT molecular complexity index is 383. The highest BCUT2D eigenvalue weighted by Crippen LogP contribution is 2.43. The Balaban J connectivity index is 2.24. The van der Waals surface area contributed by atoms with Gasteiger partial charge in [-0.3, -0.25) is 0 Å². The van der Waals surface area contributed by atoms with Gasteiger partial charge in [0.2, 0.25) is 0 Å². The predicted octanol–water partition coefficient (Wildman–Crippen LogP) is 3.08. The van der Waals surface area contributed by atoms with Gasteiger partial charge in [0.25, 0.3) is 0 Å². The lowest BCUT2D eigenvalue weighted by molar-refractivity contribution is -0.118. The van der Waals surface area contributed by atoms with Crippen molar-refractivity contribution in [1.82, 2.24) is 0 Å². The van der Waals surface area contributed by atoms with Gasteiger partial charge in [0, 0.05) is 6.61 Å². The molecule has 1 aliphatic carbocycles. The summed E-state index contributed by atoms with van der Waals surface area (Å²) in [5.74, 6) is 0.774. The van der Waals surface area contributed by atoms with Crippen molar-refractivity contribution in [3.8, 4) is 5.75 Å². The lowest BCUT2D eigenvalue weighted by atomic mass is 9.89. The Labute approximate surface area is 109 Å². The van der Waals surface area contributed by atoms with E-state index in [1.54, 1.807) is 7.11 Å². The van der Waals surface area contributed by atoms with Crippen molar-refractivity contribution in [3.63, 3.8) is 0 Å². The molecule has 0 bridgehead atoms. The first kappa shape index (κ1) is 13.4. The van der Waals surface area contributed by atoms with E-state index in [2.05, 4.69) is 0 Å². The number of rotatable bonds is 5. The number of aliphatic hydroxyl groups excluding tert-OH is 1. The summed E-state index contributed by atoms with van der Waals surface area (Å²) in [6, 6.07) is 7.63. The minimum atomic E-state index is -0.574. The van der Waals surface area contributed by atoms with Crippen LogP contribution in [-0.2, 0) is 4.74 Å². The van der Waals surface area contributed by atoms with Crippen molar-refractivity contribution in [3.05, 3.63) is 29.8 Å². The maximum Gasteiger partial charge on any atom is 0.119 e. The summed E-state index contributed by atoms with van der Waals surface area (Å²) < 4.78 is 11.1. The van der Waals surface area contributed by atoms with E-state index in [0.29, 0.717) is 6.61 Å². The zero-order valence-corrected chi connectivity index (χ0v) is 11.2. The minimum absolute atomic E-state index is 0.402. The topological polar surface area (TPSA) is 38.7 Å². The summed E-state index contributed by atoms with van der Waals surface area (Å²) in [4.78, 5) is 0. The third-order valence-corrected chi connectivity index (χ3v) is 3.79. The fourth-order valence-electron chi connectivity index (χ4n) is 2.87. The molecule has 0 heterocycles. The molecule has 18 heavy (non-hydrogen) atoms. The Kier molecular flexibility index (Phi) is 4.25. The van der Waals surface area contributed by atoms with Gasteiger partial charge in [0.1, 0.15) is 11.9 Å². The average Bonchev–Trinajstić information content (AvgIpc) is 2.88. The lowest BCUT2D eigenvalue weighted by Gasteiger charge is -2.34. The van der Waals surface area contributed by atoms with Crippen molar-refractivity contribution < 1.29 is 14.6 Å². The number of methoxy groups -OCH3 is 1. The molecule has 0 radical (unpaired) electrons. The highest BCUT2D eigenvalue weighted by molar-refractivity contribution is 5.31. The van der Waals surface area contributed by atoms with Gasteiger partial charge in [-0.2, -0.15) is 0 Å². The standard InChI is InChI=1S/C15H22O3/c1-3-18-15(9-4-5-10-15)14(16)12-7-6-8-13(11-12)17-2/h6-8,11,14,16H,3-5,9-10H2,1-2H3. The van der Waals surface area contributed by atoms with Gasteiger partial charge in [-0.15, -0.1) is 0 Å². The van der Waals surface area contributed by atoms with Gasteiger partial charge in [0.05, 0.1) is 12.7 Å². The third-order valence-electron chi connectivity index (χ3n) is 3.79. The molecule has 100 valence electrons. The molecule has 1 fully saturated rings. The number of hydrogen-bond donors (Lipinski definition) is 1. The summed E-state index contributed by atoms with van der Waals surface area (Å²) in [7, 11) is 1.64. The van der Waals surface area contributed by atoms with E-state index in [9.17, 15) is 5.11 Å². The lowest BCUT2D eigenvalue weighted by Crippen LogP contribution is -2.36. The third kappa shape index (κ3) is 2.52. The van der Waals surface area contributed by atoms with Crippen LogP contribution in [0.2, 0.25) is 0 Å². The van der Waals surface area contributed by atoms with Gasteiger partial charge in [-0.25, -0.2) is 0 Å². The van der Waals surface area contributed by atoms with Gasteiger partial charge in [-0.1, -0.05) is 25.0 Å². The van der Waals surface area contributed by atoms with E-state index >= 15 is 0 Å². The molecular weight excluding hydrogens is 228 g/mol. The van der Waals surface area contributed by atoms with Gasteiger partial charge >= 0.3 is 0 Å². The summed E-state index contributed by atoms with van der Waals surface area (Å²) >= 11 is 0. The van der Waals surface area contributed by atoms with Crippen LogP contribution >= 0.6 is 0 Å². The monoisotopic (exact) mass is 250 g/mol. The SMILES string of the molecule is CCOC1(C(O)c2cccc(OC)c2)CCCC1. The molecule has 3 nitrogen and oxygen atoms in total.